The first-order valence-corrected chi connectivity index (χ1v) is 7.35. The van der Waals surface area contributed by atoms with Gasteiger partial charge >= 0.3 is 0 Å². The van der Waals surface area contributed by atoms with Gasteiger partial charge in [-0.05, 0) is 38.1 Å². The zero-order valence-corrected chi connectivity index (χ0v) is 12.2. The van der Waals surface area contributed by atoms with Crippen LogP contribution in [-0.2, 0) is 0 Å². The third kappa shape index (κ3) is 3.53. The highest BCUT2D eigenvalue weighted by Crippen LogP contribution is 2.27. The van der Waals surface area contributed by atoms with Crippen molar-refractivity contribution in [3.8, 4) is 0 Å². The minimum atomic E-state index is 0.467. The summed E-state index contributed by atoms with van der Waals surface area (Å²) in [5.41, 5.74) is 1.05. The smallest absolute Gasteiger partial charge is 0.0612 e. The fourth-order valence-corrected chi connectivity index (χ4v) is 2.92. The van der Waals surface area contributed by atoms with E-state index in [0.717, 1.165) is 5.69 Å². The Balaban J connectivity index is 2.07. The first-order valence-electron chi connectivity index (χ1n) is 6.59. The van der Waals surface area contributed by atoms with Crippen LogP contribution in [-0.4, -0.2) is 19.1 Å². The number of hydrogen-bond acceptors (Lipinski definition) is 2. The molecule has 1 aliphatic carbocycles. The average Bonchev–Trinajstić information content (AvgIpc) is 2.59. The van der Waals surface area contributed by atoms with Crippen molar-refractivity contribution < 1.29 is 0 Å². The van der Waals surface area contributed by atoms with Crippen molar-refractivity contribution in [3.05, 3.63) is 28.2 Å². The van der Waals surface area contributed by atoms with E-state index in [-0.39, 0.29) is 0 Å². The van der Waals surface area contributed by atoms with Crippen molar-refractivity contribution in [2.24, 2.45) is 0 Å². The van der Waals surface area contributed by atoms with Gasteiger partial charge in [0.1, 0.15) is 0 Å². The van der Waals surface area contributed by atoms with Crippen molar-refractivity contribution in [1.82, 2.24) is 5.32 Å². The van der Waals surface area contributed by atoms with Gasteiger partial charge in [-0.2, -0.15) is 0 Å². The van der Waals surface area contributed by atoms with Crippen LogP contribution in [0, 0.1) is 0 Å². The lowest BCUT2D eigenvalue weighted by Gasteiger charge is -2.27. The Morgan fingerprint density at radius 1 is 1.00 bits per heavy atom. The Kier molecular flexibility index (Phi) is 5.16. The quantitative estimate of drug-likeness (QED) is 0.809. The van der Waals surface area contributed by atoms with Gasteiger partial charge in [-0.25, -0.2) is 0 Å². The lowest BCUT2D eigenvalue weighted by molar-refractivity contribution is 0.458. The molecule has 0 heterocycles. The number of likely N-dealkylation sites (N-methyl/N-ethyl adjacent to an activating group) is 1. The minimum Gasteiger partial charge on any atom is -0.381 e. The molecule has 4 heteroatoms. The fourth-order valence-electron chi connectivity index (χ4n) is 2.63. The molecule has 0 amide bonds. The summed E-state index contributed by atoms with van der Waals surface area (Å²) < 4.78 is 0. The van der Waals surface area contributed by atoms with Crippen LogP contribution in [0.5, 0.6) is 0 Å². The molecule has 2 unspecified atom stereocenters. The van der Waals surface area contributed by atoms with Gasteiger partial charge in [0, 0.05) is 17.8 Å². The second-order valence-electron chi connectivity index (χ2n) is 4.91. The maximum Gasteiger partial charge on any atom is 0.0612 e. The summed E-state index contributed by atoms with van der Waals surface area (Å²) in [6, 6.07) is 6.74. The Hall–Kier alpha value is -0.440. The molecule has 2 N–H and O–H groups in total. The van der Waals surface area contributed by atoms with Gasteiger partial charge in [-0.3, -0.25) is 0 Å². The van der Waals surface area contributed by atoms with E-state index in [4.69, 9.17) is 23.2 Å². The van der Waals surface area contributed by atoms with Gasteiger partial charge in [0.25, 0.3) is 0 Å². The van der Waals surface area contributed by atoms with E-state index in [0.29, 0.717) is 22.1 Å². The lowest BCUT2D eigenvalue weighted by atomic mass is 10.0. The predicted octanol–water partition coefficient (Wildman–Crippen LogP) is 4.33. The zero-order chi connectivity index (χ0) is 13.0. The number of rotatable bonds is 3. The summed E-state index contributed by atoms with van der Waals surface area (Å²) in [5, 5.41) is 8.22. The maximum atomic E-state index is 6.05. The first-order chi connectivity index (χ1) is 8.70. The first kappa shape index (κ1) is 14.0. The molecule has 0 spiro atoms. The third-order valence-corrected chi connectivity index (χ3v) is 4.40. The Labute approximate surface area is 119 Å². The second-order valence-corrected chi connectivity index (χ2v) is 5.73. The zero-order valence-electron chi connectivity index (χ0n) is 10.7. The van der Waals surface area contributed by atoms with Gasteiger partial charge < -0.3 is 10.6 Å². The molecule has 18 heavy (non-hydrogen) atoms. The van der Waals surface area contributed by atoms with Crippen LogP contribution in [0.2, 0.25) is 10.0 Å². The topological polar surface area (TPSA) is 24.1 Å². The van der Waals surface area contributed by atoms with Crippen molar-refractivity contribution in [2.45, 2.75) is 44.2 Å². The van der Waals surface area contributed by atoms with Gasteiger partial charge in [-0.1, -0.05) is 42.5 Å². The summed E-state index contributed by atoms with van der Waals surface area (Å²) in [6.45, 7) is 0. The van der Waals surface area contributed by atoms with Gasteiger partial charge in [0.2, 0.25) is 0 Å². The third-order valence-electron chi connectivity index (χ3n) is 3.66. The molecular formula is C14H20Cl2N2. The molecule has 1 fully saturated rings. The Morgan fingerprint density at radius 3 is 2.39 bits per heavy atom. The minimum absolute atomic E-state index is 0.467. The molecule has 1 aliphatic rings. The summed E-state index contributed by atoms with van der Waals surface area (Å²) in [4.78, 5) is 0. The maximum absolute atomic E-state index is 6.05. The molecule has 2 atom stereocenters. The molecule has 1 saturated carbocycles. The molecule has 0 radical (unpaired) electrons. The molecule has 0 bridgehead atoms. The number of anilines is 1. The molecule has 2 nitrogen and oxygen atoms in total. The van der Waals surface area contributed by atoms with Crippen LogP contribution >= 0.6 is 23.2 Å². The highest BCUT2D eigenvalue weighted by atomic mass is 35.5. The van der Waals surface area contributed by atoms with Crippen LogP contribution in [0.3, 0.4) is 0 Å². The summed E-state index contributed by atoms with van der Waals surface area (Å²) in [7, 11) is 2.04. The van der Waals surface area contributed by atoms with Gasteiger partial charge in [-0.15, -0.1) is 0 Å². The number of hydrogen-bond donors (Lipinski definition) is 2. The van der Waals surface area contributed by atoms with Gasteiger partial charge in [0.05, 0.1) is 10.0 Å². The van der Waals surface area contributed by atoms with Gasteiger partial charge in [0.15, 0.2) is 0 Å². The van der Waals surface area contributed by atoms with Crippen LogP contribution in [0.1, 0.15) is 32.1 Å². The number of nitrogens with one attached hydrogen (secondary N) is 2. The highest BCUT2D eigenvalue weighted by molar-refractivity contribution is 6.42. The molecule has 2 rings (SSSR count). The van der Waals surface area contributed by atoms with E-state index in [9.17, 15) is 0 Å². The normalized spacial score (nSPS) is 24.6. The second kappa shape index (κ2) is 6.65. The van der Waals surface area contributed by atoms with Crippen molar-refractivity contribution in [3.63, 3.8) is 0 Å². The molecule has 0 aliphatic heterocycles. The summed E-state index contributed by atoms with van der Waals surface area (Å²) in [5.74, 6) is 0. The molecule has 0 aromatic heterocycles. The van der Waals surface area contributed by atoms with Crippen molar-refractivity contribution in [2.75, 3.05) is 12.4 Å². The molecular weight excluding hydrogens is 267 g/mol. The highest BCUT2D eigenvalue weighted by Gasteiger charge is 2.22. The van der Waals surface area contributed by atoms with Crippen LogP contribution in [0.25, 0.3) is 0 Å². The predicted molar refractivity (Wildman–Crippen MR) is 79.8 cm³/mol. The molecule has 1 aromatic carbocycles. The Bertz CT molecular complexity index is 395. The molecule has 0 saturated heterocycles. The monoisotopic (exact) mass is 286 g/mol. The van der Waals surface area contributed by atoms with Crippen molar-refractivity contribution >= 4 is 28.9 Å². The average molecular weight is 287 g/mol. The van der Waals surface area contributed by atoms with E-state index >= 15 is 0 Å². The van der Waals surface area contributed by atoms with E-state index in [1.807, 2.05) is 25.2 Å². The molecule has 100 valence electrons. The lowest BCUT2D eigenvalue weighted by Crippen LogP contribution is -2.41. The number of benzene rings is 1. The van der Waals surface area contributed by atoms with E-state index in [2.05, 4.69) is 10.6 Å². The fraction of sp³-hybridized carbons (Fsp3) is 0.571. The summed E-state index contributed by atoms with van der Waals surface area (Å²) >= 11 is 12.0. The van der Waals surface area contributed by atoms with Crippen LogP contribution < -0.4 is 10.6 Å². The van der Waals surface area contributed by atoms with Crippen LogP contribution in [0.4, 0.5) is 5.69 Å². The van der Waals surface area contributed by atoms with E-state index in [1.54, 1.807) is 0 Å². The Morgan fingerprint density at radius 2 is 1.72 bits per heavy atom. The number of halogens is 2. The largest absolute Gasteiger partial charge is 0.381 e. The summed E-state index contributed by atoms with van der Waals surface area (Å²) in [6.07, 6.45) is 6.36. The van der Waals surface area contributed by atoms with E-state index < -0.39 is 0 Å². The van der Waals surface area contributed by atoms with Crippen LogP contribution in [0.15, 0.2) is 18.2 Å². The van der Waals surface area contributed by atoms with E-state index in [1.165, 1.54) is 32.1 Å². The SMILES string of the molecule is CNC1CCCCCC1Nc1ccc(Cl)c(Cl)c1. The van der Waals surface area contributed by atoms with Crippen molar-refractivity contribution in [1.29, 1.82) is 0 Å². The molecule has 1 aromatic rings. The standard InChI is InChI=1S/C14H20Cl2N2/c1-17-13-5-3-2-4-6-14(13)18-10-7-8-11(15)12(16)9-10/h7-9,13-14,17-18H,2-6H2,1H3.